The van der Waals surface area contributed by atoms with Gasteiger partial charge in [-0.3, -0.25) is 14.7 Å². The largest absolute Gasteiger partial charge is 0.342 e. The highest BCUT2D eigenvalue weighted by Crippen LogP contribution is 2.39. The van der Waals surface area contributed by atoms with E-state index in [1.165, 1.54) is 24.0 Å². The van der Waals surface area contributed by atoms with Crippen LogP contribution in [0.4, 0.5) is 0 Å². The van der Waals surface area contributed by atoms with Crippen LogP contribution in [0.15, 0.2) is 54.9 Å². The fraction of sp³-hybridized carbons (Fsp3) is 0.478. The first-order valence-electron chi connectivity index (χ1n) is 10.2. The van der Waals surface area contributed by atoms with Gasteiger partial charge >= 0.3 is 0 Å². The van der Waals surface area contributed by atoms with Crippen LogP contribution in [0.25, 0.3) is 0 Å². The Bertz CT molecular complexity index is 749. The van der Waals surface area contributed by atoms with Crippen LogP contribution in [0.3, 0.4) is 0 Å². The van der Waals surface area contributed by atoms with Crippen molar-refractivity contribution in [2.75, 3.05) is 26.2 Å². The van der Waals surface area contributed by atoms with Gasteiger partial charge in [0.15, 0.2) is 0 Å². The molecular formula is C23H29N3O. The molecule has 2 aliphatic rings. The van der Waals surface area contributed by atoms with Crippen LogP contribution >= 0.6 is 0 Å². The van der Waals surface area contributed by atoms with Crippen molar-refractivity contribution in [1.82, 2.24) is 14.8 Å². The van der Waals surface area contributed by atoms with E-state index in [-0.39, 0.29) is 5.41 Å². The number of piperidine rings is 2. The molecule has 4 rings (SSSR count). The lowest BCUT2D eigenvalue weighted by Gasteiger charge is -2.48. The molecule has 0 aliphatic carbocycles. The van der Waals surface area contributed by atoms with Gasteiger partial charge in [0.1, 0.15) is 0 Å². The molecule has 3 heterocycles. The van der Waals surface area contributed by atoms with Crippen molar-refractivity contribution in [3.8, 4) is 0 Å². The molecule has 1 atom stereocenters. The van der Waals surface area contributed by atoms with Crippen LogP contribution in [-0.2, 0) is 17.8 Å². The molecule has 1 aromatic carbocycles. The summed E-state index contributed by atoms with van der Waals surface area (Å²) in [6, 6.07) is 14.7. The number of carbonyl (C=O) groups excluding carboxylic acids is 1. The van der Waals surface area contributed by atoms with Crippen molar-refractivity contribution in [1.29, 1.82) is 0 Å². The lowest BCUT2D eigenvalue weighted by molar-refractivity contribution is -0.139. The van der Waals surface area contributed by atoms with Gasteiger partial charge < -0.3 is 4.90 Å². The van der Waals surface area contributed by atoms with Crippen molar-refractivity contribution in [3.05, 3.63) is 66.0 Å². The summed E-state index contributed by atoms with van der Waals surface area (Å²) in [7, 11) is 0. The maximum atomic E-state index is 12.5. The number of benzene rings is 1. The van der Waals surface area contributed by atoms with Crippen molar-refractivity contribution in [2.45, 2.75) is 38.6 Å². The predicted molar refractivity (Wildman–Crippen MR) is 107 cm³/mol. The van der Waals surface area contributed by atoms with Crippen molar-refractivity contribution < 1.29 is 4.79 Å². The van der Waals surface area contributed by atoms with Gasteiger partial charge in [0.2, 0.25) is 5.91 Å². The molecule has 2 saturated heterocycles. The summed E-state index contributed by atoms with van der Waals surface area (Å²) in [6.45, 7) is 5.01. The molecule has 27 heavy (non-hydrogen) atoms. The van der Waals surface area contributed by atoms with Crippen LogP contribution in [0, 0.1) is 5.41 Å². The monoisotopic (exact) mass is 363 g/mol. The lowest BCUT2D eigenvalue weighted by atomic mass is 9.73. The number of hydrogen-bond acceptors (Lipinski definition) is 3. The molecule has 2 fully saturated rings. The molecule has 2 aliphatic heterocycles. The number of nitrogens with zero attached hydrogens (tertiary/aromatic N) is 3. The van der Waals surface area contributed by atoms with E-state index in [1.54, 1.807) is 0 Å². The molecule has 1 aromatic heterocycles. The Labute approximate surface area is 162 Å². The van der Waals surface area contributed by atoms with Crippen LogP contribution < -0.4 is 0 Å². The van der Waals surface area contributed by atoms with E-state index >= 15 is 0 Å². The standard InChI is InChI=1S/C23H29N3O/c27-22-7-12-23(19-26(22)16-10-20-5-2-1-3-6-20)11-4-15-25(18-23)17-21-8-13-24-14-9-21/h1-3,5-6,8-9,13-14H,4,7,10-12,15-19H2/t23-/m1/s1. The van der Waals surface area contributed by atoms with E-state index in [0.29, 0.717) is 12.3 Å². The molecule has 4 nitrogen and oxygen atoms in total. The molecule has 0 saturated carbocycles. The van der Waals surface area contributed by atoms with Gasteiger partial charge in [-0.1, -0.05) is 30.3 Å². The van der Waals surface area contributed by atoms with Crippen LogP contribution in [0.1, 0.15) is 36.8 Å². The molecule has 4 heteroatoms. The Balaban J connectivity index is 1.38. The van der Waals surface area contributed by atoms with Gasteiger partial charge in [0.25, 0.3) is 0 Å². The highest BCUT2D eigenvalue weighted by molar-refractivity contribution is 5.77. The van der Waals surface area contributed by atoms with Crippen LogP contribution in [0.2, 0.25) is 0 Å². The zero-order valence-electron chi connectivity index (χ0n) is 16.0. The van der Waals surface area contributed by atoms with E-state index in [0.717, 1.165) is 45.6 Å². The Hall–Kier alpha value is -2.20. The SMILES string of the molecule is O=C1CC[C@@]2(CCCN(Cc3ccncc3)C2)CN1CCc1ccccc1. The first kappa shape index (κ1) is 18.2. The Morgan fingerprint density at radius 2 is 1.78 bits per heavy atom. The minimum atomic E-state index is 0.274. The van der Waals surface area contributed by atoms with E-state index in [1.807, 2.05) is 18.5 Å². The summed E-state index contributed by atoms with van der Waals surface area (Å²) in [5.74, 6) is 0.336. The van der Waals surface area contributed by atoms with Gasteiger partial charge in [-0.15, -0.1) is 0 Å². The molecule has 0 radical (unpaired) electrons. The number of amides is 1. The van der Waals surface area contributed by atoms with E-state index in [2.05, 4.69) is 51.2 Å². The maximum absolute atomic E-state index is 12.5. The Kier molecular flexibility index (Phi) is 5.53. The van der Waals surface area contributed by atoms with E-state index in [9.17, 15) is 4.79 Å². The molecular weight excluding hydrogens is 334 g/mol. The summed E-state index contributed by atoms with van der Waals surface area (Å²) in [5.41, 5.74) is 2.92. The Morgan fingerprint density at radius 1 is 0.963 bits per heavy atom. The van der Waals surface area contributed by atoms with Crippen molar-refractivity contribution in [2.24, 2.45) is 5.41 Å². The van der Waals surface area contributed by atoms with Crippen molar-refractivity contribution in [3.63, 3.8) is 0 Å². The summed E-state index contributed by atoms with van der Waals surface area (Å²) >= 11 is 0. The molecule has 0 unspecified atom stereocenters. The fourth-order valence-corrected chi connectivity index (χ4v) is 4.74. The number of hydrogen-bond donors (Lipinski definition) is 0. The van der Waals surface area contributed by atoms with Gasteiger partial charge in [-0.05, 0) is 55.5 Å². The molecule has 142 valence electrons. The number of carbonyl (C=O) groups is 1. The zero-order chi connectivity index (χ0) is 18.5. The van der Waals surface area contributed by atoms with Gasteiger partial charge in [-0.25, -0.2) is 0 Å². The third-order valence-corrected chi connectivity index (χ3v) is 6.16. The minimum Gasteiger partial charge on any atom is -0.342 e. The number of aromatic nitrogens is 1. The second-order valence-corrected chi connectivity index (χ2v) is 8.22. The van der Waals surface area contributed by atoms with Crippen LogP contribution in [0.5, 0.6) is 0 Å². The molecule has 0 bridgehead atoms. The van der Waals surface area contributed by atoms with E-state index in [4.69, 9.17) is 0 Å². The summed E-state index contributed by atoms with van der Waals surface area (Å²) in [5, 5.41) is 0. The quantitative estimate of drug-likeness (QED) is 0.815. The average Bonchev–Trinajstić information content (AvgIpc) is 2.71. The average molecular weight is 364 g/mol. The van der Waals surface area contributed by atoms with Gasteiger partial charge in [0, 0.05) is 50.4 Å². The molecule has 2 aromatic rings. The van der Waals surface area contributed by atoms with E-state index < -0.39 is 0 Å². The van der Waals surface area contributed by atoms with Gasteiger partial charge in [0.05, 0.1) is 0 Å². The summed E-state index contributed by atoms with van der Waals surface area (Å²) in [6.07, 6.45) is 8.92. The highest BCUT2D eigenvalue weighted by Gasteiger charge is 2.41. The van der Waals surface area contributed by atoms with Gasteiger partial charge in [-0.2, -0.15) is 0 Å². The molecule has 1 amide bonds. The smallest absolute Gasteiger partial charge is 0.222 e. The molecule has 0 N–H and O–H groups in total. The highest BCUT2D eigenvalue weighted by atomic mass is 16.2. The first-order chi connectivity index (χ1) is 13.2. The number of likely N-dealkylation sites (tertiary alicyclic amines) is 2. The Morgan fingerprint density at radius 3 is 2.59 bits per heavy atom. The lowest BCUT2D eigenvalue weighted by Crippen LogP contribution is -2.54. The minimum absolute atomic E-state index is 0.274. The predicted octanol–water partition coefficient (Wildman–Crippen LogP) is 3.53. The molecule has 1 spiro atoms. The first-order valence-corrected chi connectivity index (χ1v) is 10.2. The van der Waals surface area contributed by atoms with Crippen LogP contribution in [-0.4, -0.2) is 46.9 Å². The fourth-order valence-electron chi connectivity index (χ4n) is 4.74. The number of pyridine rings is 1. The summed E-state index contributed by atoms with van der Waals surface area (Å²) < 4.78 is 0. The maximum Gasteiger partial charge on any atom is 0.222 e. The second-order valence-electron chi connectivity index (χ2n) is 8.22. The normalized spacial score (nSPS) is 23.7. The zero-order valence-corrected chi connectivity index (χ0v) is 16.0. The third kappa shape index (κ3) is 4.56. The summed E-state index contributed by atoms with van der Waals surface area (Å²) in [4.78, 5) is 21.3. The van der Waals surface area contributed by atoms with Crippen molar-refractivity contribution >= 4 is 5.91 Å². The second kappa shape index (κ2) is 8.22. The number of rotatable bonds is 5. The topological polar surface area (TPSA) is 36.4 Å². The third-order valence-electron chi connectivity index (χ3n) is 6.16.